The molecule has 1 heterocycles. The quantitative estimate of drug-likeness (QED) is 0.410. The molecule has 0 aliphatic rings. The maximum Gasteiger partial charge on any atom is 0.246 e. The van der Waals surface area contributed by atoms with Crippen LogP contribution < -0.4 is 11.2 Å². The van der Waals surface area contributed by atoms with Crippen LogP contribution in [0.5, 0.6) is 0 Å². The zero-order valence-electron chi connectivity index (χ0n) is 14.1. The molecule has 0 spiro atoms. The average molecular weight is 368 g/mol. The number of aromatic nitrogens is 1. The molecule has 0 radical (unpaired) electrons. The Kier molecular flexibility index (Phi) is 5.38. The Balaban J connectivity index is 1.60. The van der Waals surface area contributed by atoms with E-state index in [0.717, 1.165) is 16.1 Å². The topological polar surface area (TPSA) is 80.4 Å². The molecule has 0 atom stereocenters. The van der Waals surface area contributed by atoms with E-state index in [0.29, 0.717) is 17.1 Å². The Morgan fingerprint density at radius 3 is 2.58 bits per heavy atom. The van der Waals surface area contributed by atoms with Crippen LogP contribution in [-0.4, -0.2) is 16.6 Å². The van der Waals surface area contributed by atoms with Crippen molar-refractivity contribution < 1.29 is 9.18 Å². The number of anilines is 1. The van der Waals surface area contributed by atoms with E-state index in [9.17, 15) is 9.18 Å². The molecular weight excluding hydrogens is 351 g/mol. The normalized spacial score (nSPS) is 11.4. The molecule has 3 aromatic rings. The van der Waals surface area contributed by atoms with Crippen LogP contribution in [0, 0.1) is 5.82 Å². The van der Waals surface area contributed by atoms with Crippen LogP contribution >= 0.6 is 11.3 Å². The summed E-state index contributed by atoms with van der Waals surface area (Å²) in [6, 6.07) is 13.3. The number of amides is 1. The fourth-order valence-corrected chi connectivity index (χ4v) is 3.08. The van der Waals surface area contributed by atoms with Gasteiger partial charge in [0.05, 0.1) is 17.8 Å². The molecule has 3 rings (SSSR count). The number of nitrogens with one attached hydrogen (secondary N) is 1. The third-order valence-corrected chi connectivity index (χ3v) is 4.60. The van der Waals surface area contributed by atoms with Crippen LogP contribution in [0.25, 0.3) is 10.6 Å². The second-order valence-corrected chi connectivity index (χ2v) is 6.54. The predicted molar refractivity (Wildman–Crippen MR) is 102 cm³/mol. The summed E-state index contributed by atoms with van der Waals surface area (Å²) in [5.74, 6) is -0.546. The van der Waals surface area contributed by atoms with Gasteiger partial charge in [0.1, 0.15) is 10.8 Å². The van der Waals surface area contributed by atoms with Crippen molar-refractivity contribution in [2.45, 2.75) is 13.3 Å². The van der Waals surface area contributed by atoms with Gasteiger partial charge in [0, 0.05) is 16.6 Å². The second kappa shape index (κ2) is 7.88. The number of benzene rings is 2. The van der Waals surface area contributed by atoms with E-state index >= 15 is 0 Å². The summed E-state index contributed by atoms with van der Waals surface area (Å²) in [4.78, 5) is 16.5. The van der Waals surface area contributed by atoms with Crippen molar-refractivity contribution in [2.24, 2.45) is 5.10 Å². The molecule has 0 aliphatic carbocycles. The zero-order valence-corrected chi connectivity index (χ0v) is 14.9. The Hall–Kier alpha value is -3.06. The summed E-state index contributed by atoms with van der Waals surface area (Å²) in [7, 11) is 0. The Bertz CT molecular complexity index is 933. The molecule has 2 aromatic carbocycles. The van der Waals surface area contributed by atoms with Gasteiger partial charge in [0.25, 0.3) is 0 Å². The summed E-state index contributed by atoms with van der Waals surface area (Å²) in [5.41, 5.74) is 11.9. The molecule has 0 bridgehead atoms. The van der Waals surface area contributed by atoms with Gasteiger partial charge in [-0.2, -0.15) is 5.10 Å². The summed E-state index contributed by atoms with van der Waals surface area (Å²) < 4.78 is 13.0. The van der Waals surface area contributed by atoms with Gasteiger partial charge >= 0.3 is 0 Å². The van der Waals surface area contributed by atoms with E-state index in [1.807, 2.05) is 17.5 Å². The van der Waals surface area contributed by atoms with Crippen LogP contribution in [0.15, 0.2) is 59.0 Å². The number of carbonyl (C=O) groups excluding carboxylic acids is 1. The highest BCUT2D eigenvalue weighted by Gasteiger charge is 2.09. The number of hydrazone groups is 1. The van der Waals surface area contributed by atoms with Crippen LogP contribution in [0.2, 0.25) is 0 Å². The largest absolute Gasteiger partial charge is 0.399 e. The van der Waals surface area contributed by atoms with Gasteiger partial charge in [-0.05, 0) is 48.9 Å². The predicted octanol–water partition coefficient (Wildman–Crippen LogP) is 3.61. The first-order valence-corrected chi connectivity index (χ1v) is 8.78. The van der Waals surface area contributed by atoms with Gasteiger partial charge in [-0.1, -0.05) is 12.1 Å². The van der Waals surface area contributed by atoms with E-state index in [-0.39, 0.29) is 18.1 Å². The lowest BCUT2D eigenvalue weighted by molar-refractivity contribution is -0.120. The van der Waals surface area contributed by atoms with Crippen molar-refractivity contribution >= 4 is 28.6 Å². The van der Waals surface area contributed by atoms with Crippen molar-refractivity contribution in [1.82, 2.24) is 10.4 Å². The van der Waals surface area contributed by atoms with Crippen LogP contribution in [-0.2, 0) is 11.2 Å². The molecule has 0 fully saturated rings. The lowest BCUT2D eigenvalue weighted by atomic mass is 10.1. The van der Waals surface area contributed by atoms with Gasteiger partial charge in [0.2, 0.25) is 5.91 Å². The van der Waals surface area contributed by atoms with E-state index < -0.39 is 0 Å². The van der Waals surface area contributed by atoms with Gasteiger partial charge < -0.3 is 5.73 Å². The zero-order chi connectivity index (χ0) is 18.5. The molecule has 5 nitrogen and oxygen atoms in total. The minimum absolute atomic E-state index is 0.121. The number of nitrogens with two attached hydrogens (primary N) is 1. The highest BCUT2D eigenvalue weighted by molar-refractivity contribution is 7.13. The molecular formula is C19H17FN4OS. The van der Waals surface area contributed by atoms with E-state index in [1.165, 1.54) is 23.5 Å². The fourth-order valence-electron chi connectivity index (χ4n) is 2.25. The van der Waals surface area contributed by atoms with E-state index in [2.05, 4.69) is 15.5 Å². The van der Waals surface area contributed by atoms with E-state index in [1.54, 1.807) is 31.2 Å². The number of hydrogen-bond donors (Lipinski definition) is 2. The fraction of sp³-hybridized carbons (Fsp3) is 0.105. The Morgan fingerprint density at radius 2 is 1.88 bits per heavy atom. The Morgan fingerprint density at radius 1 is 1.19 bits per heavy atom. The van der Waals surface area contributed by atoms with Crippen molar-refractivity contribution in [1.29, 1.82) is 0 Å². The van der Waals surface area contributed by atoms with Crippen LogP contribution in [0.4, 0.5) is 10.1 Å². The second-order valence-electron chi connectivity index (χ2n) is 5.68. The van der Waals surface area contributed by atoms with Gasteiger partial charge in [0.15, 0.2) is 0 Å². The highest BCUT2D eigenvalue weighted by atomic mass is 32.1. The number of nitrogens with zero attached hydrogens (tertiary/aromatic N) is 2. The number of carbonyl (C=O) groups is 1. The van der Waals surface area contributed by atoms with Crippen LogP contribution in [0.1, 0.15) is 18.2 Å². The molecule has 132 valence electrons. The molecule has 26 heavy (non-hydrogen) atoms. The van der Waals surface area contributed by atoms with Gasteiger partial charge in [-0.25, -0.2) is 14.8 Å². The van der Waals surface area contributed by atoms with Crippen LogP contribution in [0.3, 0.4) is 0 Å². The standard InChI is InChI=1S/C19H17FN4OS/c1-12(13-4-8-16(21)9-5-13)23-24-18(25)10-17-11-26-19(22-17)14-2-6-15(20)7-3-14/h2-9,11H,10,21H2,1H3,(H,24,25)/b23-12-. The molecule has 0 saturated carbocycles. The minimum atomic E-state index is -0.292. The smallest absolute Gasteiger partial charge is 0.246 e. The highest BCUT2D eigenvalue weighted by Crippen LogP contribution is 2.24. The lowest BCUT2D eigenvalue weighted by Gasteiger charge is -2.03. The first kappa shape index (κ1) is 17.8. The first-order chi connectivity index (χ1) is 12.5. The third-order valence-electron chi connectivity index (χ3n) is 3.66. The van der Waals surface area contributed by atoms with Gasteiger partial charge in [-0.3, -0.25) is 4.79 Å². The number of halogens is 1. The SMILES string of the molecule is C/C(=N/NC(=O)Cc1csc(-c2ccc(F)cc2)n1)c1ccc(N)cc1. The number of nitrogen functional groups attached to an aromatic ring is 1. The number of thiazole rings is 1. The Labute approximate surface area is 154 Å². The lowest BCUT2D eigenvalue weighted by Crippen LogP contribution is -2.21. The molecule has 7 heteroatoms. The van der Waals surface area contributed by atoms with E-state index in [4.69, 9.17) is 5.73 Å². The first-order valence-electron chi connectivity index (χ1n) is 7.90. The number of hydrogen-bond acceptors (Lipinski definition) is 5. The molecule has 0 unspecified atom stereocenters. The maximum absolute atomic E-state index is 13.0. The third kappa shape index (κ3) is 4.52. The van der Waals surface area contributed by atoms with Crippen molar-refractivity contribution in [3.05, 3.63) is 71.0 Å². The average Bonchev–Trinajstić information content (AvgIpc) is 3.09. The molecule has 3 N–H and O–H groups in total. The monoisotopic (exact) mass is 368 g/mol. The van der Waals surface area contributed by atoms with Crippen molar-refractivity contribution in [3.63, 3.8) is 0 Å². The summed E-state index contributed by atoms with van der Waals surface area (Å²) in [5, 5.41) is 6.66. The van der Waals surface area contributed by atoms with Gasteiger partial charge in [-0.15, -0.1) is 11.3 Å². The summed E-state index contributed by atoms with van der Waals surface area (Å²) in [6.07, 6.45) is 0.121. The maximum atomic E-state index is 13.0. The molecule has 1 aromatic heterocycles. The van der Waals surface area contributed by atoms with Crippen molar-refractivity contribution in [3.8, 4) is 10.6 Å². The molecule has 0 saturated heterocycles. The summed E-state index contributed by atoms with van der Waals surface area (Å²) >= 11 is 1.41. The molecule has 1 amide bonds. The number of rotatable bonds is 5. The summed E-state index contributed by atoms with van der Waals surface area (Å²) in [6.45, 7) is 1.81. The van der Waals surface area contributed by atoms with Crippen molar-refractivity contribution in [2.75, 3.05) is 5.73 Å². The minimum Gasteiger partial charge on any atom is -0.399 e. The molecule has 0 aliphatic heterocycles.